The molecule has 6 unspecified atom stereocenters. The number of carbonyl (C=O) groups excluding carboxylic acids is 2. The third kappa shape index (κ3) is 33.5. The van der Waals surface area contributed by atoms with Gasteiger partial charge in [0.1, 0.15) is 43.2 Å². The quantitative estimate of drug-likeness (QED) is 0.0146. The Labute approximate surface area is 394 Å². The van der Waals surface area contributed by atoms with Gasteiger partial charge in [-0.15, -0.1) is 0 Å². The average Bonchev–Trinajstić information content (AvgIpc) is 3.29. The van der Waals surface area contributed by atoms with E-state index in [0.717, 1.165) is 64.2 Å². The van der Waals surface area contributed by atoms with Gasteiger partial charge in [0.05, 0.1) is 6.61 Å². The summed E-state index contributed by atoms with van der Waals surface area (Å²) in [6.07, 6.45) is 33.8. The molecule has 0 spiro atoms. The number of phosphoric ester groups is 1. The Morgan fingerprint density at radius 3 is 1.29 bits per heavy atom. The molecule has 13 nitrogen and oxygen atoms in total. The molecule has 0 aromatic heterocycles. The van der Waals surface area contributed by atoms with Crippen LogP contribution in [0.25, 0.3) is 0 Å². The Balaban J connectivity index is 2.35. The van der Waals surface area contributed by atoms with Gasteiger partial charge in [-0.1, -0.05) is 205 Å². The number of hydrogen-bond donors (Lipinski definition) is 6. The molecule has 1 saturated carbocycles. The van der Waals surface area contributed by atoms with Crippen molar-refractivity contribution in [3.63, 3.8) is 0 Å². The van der Waals surface area contributed by atoms with Gasteiger partial charge >= 0.3 is 19.8 Å². The van der Waals surface area contributed by atoms with Crippen molar-refractivity contribution in [2.24, 2.45) is 0 Å². The van der Waals surface area contributed by atoms with Crippen molar-refractivity contribution in [2.75, 3.05) is 13.2 Å². The Morgan fingerprint density at radius 2 is 0.846 bits per heavy atom. The van der Waals surface area contributed by atoms with Crippen LogP contribution in [0.5, 0.6) is 0 Å². The van der Waals surface area contributed by atoms with Gasteiger partial charge in [0.15, 0.2) is 6.10 Å². The fourth-order valence-corrected chi connectivity index (χ4v) is 9.04. The number of esters is 2. The smallest absolute Gasteiger partial charge is 0.462 e. The van der Waals surface area contributed by atoms with Gasteiger partial charge in [-0.2, -0.15) is 0 Å². The highest BCUT2D eigenvalue weighted by Gasteiger charge is 2.51. The molecule has 6 N–H and O–H groups in total. The molecule has 1 aliphatic rings. The van der Waals surface area contributed by atoms with E-state index in [4.69, 9.17) is 18.5 Å². The van der Waals surface area contributed by atoms with Crippen LogP contribution < -0.4 is 0 Å². The summed E-state index contributed by atoms with van der Waals surface area (Å²) in [6, 6.07) is 0. The molecular formula is C51H95O13P. The van der Waals surface area contributed by atoms with Crippen LogP contribution in [-0.4, -0.2) is 98.3 Å². The lowest BCUT2D eigenvalue weighted by atomic mass is 9.85. The standard InChI is InChI=1S/C51H95O13P/c1-3-5-7-9-11-13-15-17-19-20-21-22-23-24-25-26-28-29-31-33-35-37-39-44(52)61-41-43(42-62-65(59,60)64-51-49(57)47(55)46(54)48(56)50(51)58)63-45(53)40-38-36-34-32-30-27-18-16-14-12-10-8-6-4-2/h10,12,16,18,43,46-51,54-58H,3-9,11,13-15,17,19-42H2,1-2H3,(H,59,60)/b12-10+,18-16+/t43-,46?,47-,48?,49?,50?,51?/m0/s1. The number of allylic oxidation sites excluding steroid dienone is 4. The number of carbonyl (C=O) groups is 2. The zero-order valence-electron chi connectivity index (χ0n) is 40.8. The van der Waals surface area contributed by atoms with E-state index in [2.05, 4.69) is 38.2 Å². The fourth-order valence-electron chi connectivity index (χ4n) is 8.07. The first kappa shape index (κ1) is 61.3. The van der Waals surface area contributed by atoms with Crippen LogP contribution in [0.15, 0.2) is 24.3 Å². The predicted octanol–water partition coefficient (Wildman–Crippen LogP) is 11.2. The zero-order valence-corrected chi connectivity index (χ0v) is 41.7. The lowest BCUT2D eigenvalue weighted by Gasteiger charge is -2.41. The van der Waals surface area contributed by atoms with Gasteiger partial charge in [-0.3, -0.25) is 18.6 Å². The third-order valence-corrected chi connectivity index (χ3v) is 13.3. The van der Waals surface area contributed by atoms with Crippen molar-refractivity contribution in [3.05, 3.63) is 24.3 Å². The van der Waals surface area contributed by atoms with Gasteiger partial charge in [0, 0.05) is 12.8 Å². The van der Waals surface area contributed by atoms with Crippen LogP contribution in [0.2, 0.25) is 0 Å². The van der Waals surface area contributed by atoms with Crippen molar-refractivity contribution in [1.29, 1.82) is 0 Å². The summed E-state index contributed by atoms with van der Waals surface area (Å²) < 4.78 is 33.6. The maximum Gasteiger partial charge on any atom is 0.472 e. The van der Waals surface area contributed by atoms with Crippen LogP contribution in [-0.2, 0) is 32.7 Å². The lowest BCUT2D eigenvalue weighted by molar-refractivity contribution is -0.220. The van der Waals surface area contributed by atoms with Crippen molar-refractivity contribution in [1.82, 2.24) is 0 Å². The number of aliphatic hydroxyl groups excluding tert-OH is 5. The van der Waals surface area contributed by atoms with E-state index in [1.54, 1.807) is 0 Å². The number of aliphatic hydroxyl groups is 5. The minimum absolute atomic E-state index is 0.0834. The number of rotatable bonds is 44. The van der Waals surface area contributed by atoms with E-state index in [1.165, 1.54) is 128 Å². The molecule has 0 amide bonds. The van der Waals surface area contributed by atoms with Crippen molar-refractivity contribution in [3.8, 4) is 0 Å². The van der Waals surface area contributed by atoms with E-state index >= 15 is 0 Å². The van der Waals surface area contributed by atoms with Crippen LogP contribution in [0.3, 0.4) is 0 Å². The van der Waals surface area contributed by atoms with Crippen LogP contribution in [0, 0.1) is 0 Å². The van der Waals surface area contributed by atoms with Crippen molar-refractivity contribution in [2.45, 2.75) is 275 Å². The Morgan fingerprint density at radius 1 is 0.477 bits per heavy atom. The molecule has 0 aromatic rings. The number of ether oxygens (including phenoxy) is 2. The molecule has 0 radical (unpaired) electrons. The molecular weight excluding hydrogens is 852 g/mol. The molecule has 65 heavy (non-hydrogen) atoms. The predicted molar refractivity (Wildman–Crippen MR) is 258 cm³/mol. The largest absolute Gasteiger partial charge is 0.472 e. The fraction of sp³-hybridized carbons (Fsp3) is 0.882. The Bertz CT molecular complexity index is 1230. The number of unbranched alkanes of at least 4 members (excludes halogenated alkanes) is 28. The number of phosphoric acid groups is 1. The molecule has 1 fully saturated rings. The van der Waals surface area contributed by atoms with Gasteiger partial charge in [-0.05, 0) is 38.5 Å². The molecule has 0 aliphatic heterocycles. The average molecular weight is 947 g/mol. The van der Waals surface area contributed by atoms with Crippen LogP contribution in [0.1, 0.15) is 232 Å². The van der Waals surface area contributed by atoms with Gasteiger partial charge in [0.25, 0.3) is 0 Å². The Hall–Kier alpha value is -1.67. The van der Waals surface area contributed by atoms with E-state index in [0.29, 0.717) is 12.8 Å². The summed E-state index contributed by atoms with van der Waals surface area (Å²) in [6.45, 7) is 3.28. The highest BCUT2D eigenvalue weighted by Crippen LogP contribution is 2.47. The molecule has 0 saturated heterocycles. The third-order valence-electron chi connectivity index (χ3n) is 12.3. The summed E-state index contributed by atoms with van der Waals surface area (Å²) in [5, 5.41) is 50.2. The first-order valence-corrected chi connectivity index (χ1v) is 27.6. The topological polar surface area (TPSA) is 210 Å². The monoisotopic (exact) mass is 947 g/mol. The second kappa shape index (κ2) is 41.3. The molecule has 14 heteroatoms. The second-order valence-corrected chi connectivity index (χ2v) is 19.8. The summed E-state index contributed by atoms with van der Waals surface area (Å²) in [5.74, 6) is -1.10. The summed E-state index contributed by atoms with van der Waals surface area (Å²) in [7, 11) is -5.12. The normalized spacial score (nSPS) is 21.5. The molecule has 0 bridgehead atoms. The molecule has 8 atom stereocenters. The van der Waals surface area contributed by atoms with Gasteiger partial charge < -0.3 is 39.9 Å². The lowest BCUT2D eigenvalue weighted by Crippen LogP contribution is -2.64. The molecule has 382 valence electrons. The molecule has 0 heterocycles. The first-order valence-electron chi connectivity index (χ1n) is 26.1. The molecule has 0 aromatic carbocycles. The minimum atomic E-state index is -5.12. The van der Waals surface area contributed by atoms with Gasteiger partial charge in [0.2, 0.25) is 0 Å². The second-order valence-electron chi connectivity index (χ2n) is 18.4. The SMILES string of the molecule is CCCC/C=C/C/C=C/CCCCCCCC(=O)O[C@@H](COC(=O)CCCCCCCCCCCCCCCCCCCCCCCC)COP(=O)(O)OC1C(O)C(O)C(O)[C@H](O)C1O. The Kier molecular flexibility index (Phi) is 39.0. The highest BCUT2D eigenvalue weighted by atomic mass is 31.2. The zero-order chi connectivity index (χ0) is 47.8. The summed E-state index contributed by atoms with van der Waals surface area (Å²) in [5.41, 5.74) is 0. The maximum atomic E-state index is 12.8. The number of hydrogen-bond acceptors (Lipinski definition) is 12. The highest BCUT2D eigenvalue weighted by molar-refractivity contribution is 7.47. The van der Waals surface area contributed by atoms with Crippen molar-refractivity contribution < 1.29 is 63.1 Å². The van der Waals surface area contributed by atoms with E-state index < -0.39 is 75.7 Å². The summed E-state index contributed by atoms with van der Waals surface area (Å²) in [4.78, 5) is 35.8. The summed E-state index contributed by atoms with van der Waals surface area (Å²) >= 11 is 0. The van der Waals surface area contributed by atoms with Crippen LogP contribution >= 0.6 is 7.82 Å². The minimum Gasteiger partial charge on any atom is -0.462 e. The first-order chi connectivity index (χ1) is 31.4. The van der Waals surface area contributed by atoms with E-state index in [9.17, 15) is 44.6 Å². The van der Waals surface area contributed by atoms with E-state index in [-0.39, 0.29) is 12.8 Å². The van der Waals surface area contributed by atoms with Crippen molar-refractivity contribution >= 4 is 19.8 Å². The molecule has 1 aliphatic carbocycles. The molecule has 1 rings (SSSR count). The van der Waals surface area contributed by atoms with Gasteiger partial charge in [-0.25, -0.2) is 4.57 Å². The maximum absolute atomic E-state index is 12.8. The van der Waals surface area contributed by atoms with E-state index in [1.807, 2.05) is 0 Å². The van der Waals surface area contributed by atoms with Crippen LogP contribution in [0.4, 0.5) is 0 Å².